The summed E-state index contributed by atoms with van der Waals surface area (Å²) in [5, 5.41) is 3.46. The van der Waals surface area contributed by atoms with E-state index in [1.54, 1.807) is 0 Å². The highest BCUT2D eigenvalue weighted by Crippen LogP contribution is 2.29. The van der Waals surface area contributed by atoms with Gasteiger partial charge >= 0.3 is 0 Å². The summed E-state index contributed by atoms with van der Waals surface area (Å²) < 4.78 is 0. The summed E-state index contributed by atoms with van der Waals surface area (Å²) in [6.45, 7) is 11.5. The first-order valence-electron chi connectivity index (χ1n) is 7.08. The molecule has 0 bridgehead atoms. The van der Waals surface area contributed by atoms with E-state index in [9.17, 15) is 0 Å². The zero-order valence-electron chi connectivity index (χ0n) is 12.9. The molecule has 1 heteroatoms. The molecule has 0 spiro atoms. The van der Waals surface area contributed by atoms with E-state index in [0.717, 1.165) is 12.3 Å². The topological polar surface area (TPSA) is 12.0 Å². The molecule has 0 aliphatic carbocycles. The van der Waals surface area contributed by atoms with E-state index in [2.05, 4.69) is 71.2 Å². The van der Waals surface area contributed by atoms with Gasteiger partial charge in [0, 0.05) is 6.04 Å². The first kappa shape index (κ1) is 15.2. The van der Waals surface area contributed by atoms with Crippen molar-refractivity contribution in [3.8, 4) is 0 Å². The maximum Gasteiger partial charge on any atom is 0.0322 e. The molecule has 1 aromatic rings. The Kier molecular flexibility index (Phi) is 5.40. The summed E-state index contributed by atoms with van der Waals surface area (Å²) in [7, 11) is 2.06. The van der Waals surface area contributed by atoms with Crippen molar-refractivity contribution in [2.45, 2.75) is 53.5 Å². The van der Waals surface area contributed by atoms with E-state index in [0.29, 0.717) is 11.5 Å². The van der Waals surface area contributed by atoms with Crippen LogP contribution in [0.2, 0.25) is 0 Å². The molecule has 18 heavy (non-hydrogen) atoms. The molecule has 0 fully saturated rings. The minimum absolute atomic E-state index is 0.349. The quantitative estimate of drug-likeness (QED) is 0.803. The van der Waals surface area contributed by atoms with Gasteiger partial charge in [-0.3, -0.25) is 0 Å². The summed E-state index contributed by atoms with van der Waals surface area (Å²) in [6.07, 6.45) is 2.33. The van der Waals surface area contributed by atoms with Gasteiger partial charge in [0.2, 0.25) is 0 Å². The molecule has 0 saturated heterocycles. The molecule has 1 nitrogen and oxygen atoms in total. The van der Waals surface area contributed by atoms with Gasteiger partial charge in [-0.15, -0.1) is 0 Å². The molecular weight excluding hydrogens is 218 g/mol. The van der Waals surface area contributed by atoms with Crippen LogP contribution < -0.4 is 5.32 Å². The van der Waals surface area contributed by atoms with E-state index < -0.39 is 0 Å². The van der Waals surface area contributed by atoms with Gasteiger partial charge in [0.05, 0.1) is 0 Å². The van der Waals surface area contributed by atoms with Gasteiger partial charge in [0.1, 0.15) is 0 Å². The normalized spacial score (nSPS) is 13.9. The highest BCUT2D eigenvalue weighted by molar-refractivity contribution is 5.26. The van der Waals surface area contributed by atoms with Crippen molar-refractivity contribution in [1.82, 2.24) is 5.32 Å². The third-order valence-electron chi connectivity index (χ3n) is 3.16. The van der Waals surface area contributed by atoms with Crippen LogP contribution in [0.3, 0.4) is 0 Å². The largest absolute Gasteiger partial charge is 0.313 e. The third-order valence-corrected chi connectivity index (χ3v) is 3.16. The van der Waals surface area contributed by atoms with Crippen LogP contribution >= 0.6 is 0 Å². The smallest absolute Gasteiger partial charge is 0.0322 e. The maximum atomic E-state index is 3.46. The highest BCUT2D eigenvalue weighted by atomic mass is 14.9. The molecule has 1 atom stereocenters. The van der Waals surface area contributed by atoms with E-state index in [1.807, 2.05) is 0 Å². The highest BCUT2D eigenvalue weighted by Gasteiger charge is 2.19. The van der Waals surface area contributed by atoms with Gasteiger partial charge in [-0.2, -0.15) is 0 Å². The lowest BCUT2D eigenvalue weighted by molar-refractivity contribution is 0.320. The van der Waals surface area contributed by atoms with Crippen LogP contribution in [0.15, 0.2) is 24.3 Å². The van der Waals surface area contributed by atoms with Crippen LogP contribution in [-0.2, 0) is 6.42 Å². The molecule has 0 radical (unpaired) electrons. The Balaban J connectivity index is 2.86. The maximum absolute atomic E-state index is 3.46. The van der Waals surface area contributed by atoms with Crippen LogP contribution in [0.4, 0.5) is 0 Å². The molecule has 1 N–H and O–H groups in total. The first-order valence-corrected chi connectivity index (χ1v) is 7.08. The van der Waals surface area contributed by atoms with Crippen molar-refractivity contribution in [2.24, 2.45) is 11.3 Å². The third kappa shape index (κ3) is 5.22. The van der Waals surface area contributed by atoms with Gasteiger partial charge < -0.3 is 5.32 Å². The van der Waals surface area contributed by atoms with Gasteiger partial charge in [-0.1, -0.05) is 58.9 Å². The summed E-state index contributed by atoms with van der Waals surface area (Å²) in [4.78, 5) is 0. The van der Waals surface area contributed by atoms with Crippen molar-refractivity contribution in [1.29, 1.82) is 0 Å². The molecule has 0 aliphatic rings. The van der Waals surface area contributed by atoms with Crippen LogP contribution in [0, 0.1) is 11.3 Å². The Morgan fingerprint density at radius 2 is 1.83 bits per heavy atom. The molecule has 1 aromatic carbocycles. The van der Waals surface area contributed by atoms with Gasteiger partial charge in [0.15, 0.2) is 0 Å². The molecule has 0 saturated carbocycles. The Morgan fingerprint density at radius 1 is 1.17 bits per heavy atom. The predicted molar refractivity (Wildman–Crippen MR) is 80.9 cm³/mol. The van der Waals surface area contributed by atoms with Crippen LogP contribution in [0.1, 0.15) is 58.2 Å². The molecule has 0 aromatic heterocycles. The second-order valence-corrected chi connectivity index (χ2v) is 6.95. The van der Waals surface area contributed by atoms with E-state index >= 15 is 0 Å². The Bertz CT molecular complexity index is 360. The van der Waals surface area contributed by atoms with Gasteiger partial charge in [-0.05, 0) is 42.3 Å². The lowest BCUT2D eigenvalue weighted by Crippen LogP contribution is -2.22. The fourth-order valence-electron chi connectivity index (χ4n) is 2.41. The second-order valence-electron chi connectivity index (χ2n) is 6.95. The second kappa shape index (κ2) is 6.38. The molecule has 102 valence electrons. The van der Waals surface area contributed by atoms with Crippen molar-refractivity contribution in [3.05, 3.63) is 35.4 Å². The van der Waals surface area contributed by atoms with E-state index in [1.165, 1.54) is 17.5 Å². The standard InChI is InChI=1S/C17H29N/c1-13(2)10-14-8-7-9-15(11-14)16(18-6)12-17(3,4)5/h7-9,11,13,16,18H,10,12H2,1-6H3. The number of hydrogen-bond acceptors (Lipinski definition) is 1. The Morgan fingerprint density at radius 3 is 2.33 bits per heavy atom. The number of nitrogens with one attached hydrogen (secondary N) is 1. The van der Waals surface area contributed by atoms with Crippen molar-refractivity contribution < 1.29 is 0 Å². The van der Waals surface area contributed by atoms with Crippen LogP contribution in [0.25, 0.3) is 0 Å². The fraction of sp³-hybridized carbons (Fsp3) is 0.647. The SMILES string of the molecule is CNC(CC(C)(C)C)c1cccc(CC(C)C)c1. The fourth-order valence-corrected chi connectivity index (χ4v) is 2.41. The van der Waals surface area contributed by atoms with E-state index in [4.69, 9.17) is 0 Å². The number of rotatable bonds is 5. The number of hydrogen-bond donors (Lipinski definition) is 1. The molecular formula is C17H29N. The minimum Gasteiger partial charge on any atom is -0.313 e. The summed E-state index contributed by atoms with van der Waals surface area (Å²) >= 11 is 0. The molecule has 1 rings (SSSR count). The Labute approximate surface area is 113 Å². The summed E-state index contributed by atoms with van der Waals surface area (Å²) in [5.41, 5.74) is 3.23. The van der Waals surface area contributed by atoms with Gasteiger partial charge in [0.25, 0.3) is 0 Å². The molecule has 1 unspecified atom stereocenters. The minimum atomic E-state index is 0.349. The van der Waals surface area contributed by atoms with Gasteiger partial charge in [-0.25, -0.2) is 0 Å². The zero-order chi connectivity index (χ0) is 13.8. The van der Waals surface area contributed by atoms with Crippen LogP contribution in [-0.4, -0.2) is 7.05 Å². The average Bonchev–Trinajstić information content (AvgIpc) is 2.24. The first-order chi connectivity index (χ1) is 8.31. The molecule has 0 heterocycles. The van der Waals surface area contributed by atoms with Crippen molar-refractivity contribution in [3.63, 3.8) is 0 Å². The van der Waals surface area contributed by atoms with Crippen molar-refractivity contribution in [2.75, 3.05) is 7.05 Å². The zero-order valence-corrected chi connectivity index (χ0v) is 12.9. The molecule has 0 amide bonds. The lowest BCUT2D eigenvalue weighted by atomic mass is 9.85. The van der Waals surface area contributed by atoms with Crippen molar-refractivity contribution >= 4 is 0 Å². The summed E-state index contributed by atoms with van der Waals surface area (Å²) in [5.74, 6) is 0.718. The monoisotopic (exact) mass is 247 g/mol. The predicted octanol–water partition coefficient (Wildman–Crippen LogP) is 4.58. The summed E-state index contributed by atoms with van der Waals surface area (Å²) in [6, 6.07) is 9.51. The average molecular weight is 247 g/mol. The van der Waals surface area contributed by atoms with Crippen LogP contribution in [0.5, 0.6) is 0 Å². The van der Waals surface area contributed by atoms with E-state index in [-0.39, 0.29) is 0 Å². The Hall–Kier alpha value is -0.820. The number of benzene rings is 1. The molecule has 0 aliphatic heterocycles. The lowest BCUT2D eigenvalue weighted by Gasteiger charge is -2.26.